The third-order valence-electron chi connectivity index (χ3n) is 3.72. The van der Waals surface area contributed by atoms with Crippen LogP contribution in [0.4, 0.5) is 10.1 Å². The number of halogens is 4. The highest BCUT2D eigenvalue weighted by Gasteiger charge is 2.17. The van der Waals surface area contributed by atoms with Gasteiger partial charge < -0.3 is 4.90 Å². The zero-order valence-electron chi connectivity index (χ0n) is 12.6. The number of pyridine rings is 1. The molecule has 0 N–H and O–H groups in total. The molecule has 128 valence electrons. The van der Waals surface area contributed by atoms with Crippen molar-refractivity contribution in [2.75, 3.05) is 31.1 Å². The van der Waals surface area contributed by atoms with Crippen LogP contribution in [0.2, 0.25) is 0 Å². The predicted octanol–water partition coefficient (Wildman–Crippen LogP) is 3.81. The Morgan fingerprint density at radius 1 is 0.826 bits per heavy atom. The van der Waals surface area contributed by atoms with Gasteiger partial charge in [-0.1, -0.05) is 0 Å². The molecule has 23 heavy (non-hydrogen) atoms. The average molecular weight is 381 g/mol. The maximum Gasteiger partial charge on any atom is 0.123 e. The highest BCUT2D eigenvalue weighted by Crippen LogP contribution is 2.17. The molecule has 1 saturated heterocycles. The van der Waals surface area contributed by atoms with E-state index in [0.29, 0.717) is 0 Å². The first-order valence-corrected chi connectivity index (χ1v) is 6.93. The molecule has 0 aliphatic carbocycles. The molecule has 7 heteroatoms. The largest absolute Gasteiger partial charge is 0.369 e. The average Bonchev–Trinajstić information content (AvgIpc) is 2.50. The van der Waals surface area contributed by atoms with Crippen molar-refractivity contribution in [2.24, 2.45) is 0 Å². The molecule has 0 saturated carbocycles. The number of piperazine rings is 1. The molecular weight excluding hydrogens is 360 g/mol. The van der Waals surface area contributed by atoms with Gasteiger partial charge in [-0.15, -0.1) is 37.2 Å². The Kier molecular flexibility index (Phi) is 10.2. The summed E-state index contributed by atoms with van der Waals surface area (Å²) in [6.45, 7) is 4.99. The van der Waals surface area contributed by atoms with E-state index in [1.165, 1.54) is 17.7 Å². The third kappa shape index (κ3) is 6.15. The molecular formula is C16H21Cl3FN3. The van der Waals surface area contributed by atoms with E-state index in [9.17, 15) is 4.39 Å². The van der Waals surface area contributed by atoms with Crippen molar-refractivity contribution in [1.29, 1.82) is 0 Å². The van der Waals surface area contributed by atoms with Crippen molar-refractivity contribution >= 4 is 42.9 Å². The minimum Gasteiger partial charge on any atom is -0.369 e. The highest BCUT2D eigenvalue weighted by molar-refractivity contribution is 5.86. The van der Waals surface area contributed by atoms with E-state index in [-0.39, 0.29) is 43.0 Å². The van der Waals surface area contributed by atoms with Gasteiger partial charge in [0.1, 0.15) is 5.82 Å². The summed E-state index contributed by atoms with van der Waals surface area (Å²) in [5.41, 5.74) is 2.41. The first-order valence-electron chi connectivity index (χ1n) is 6.93. The van der Waals surface area contributed by atoms with Gasteiger partial charge in [-0.2, -0.15) is 0 Å². The van der Waals surface area contributed by atoms with Gasteiger partial charge >= 0.3 is 0 Å². The van der Waals surface area contributed by atoms with Gasteiger partial charge in [0, 0.05) is 50.8 Å². The predicted molar refractivity (Wildman–Crippen MR) is 99.9 cm³/mol. The Morgan fingerprint density at radius 2 is 1.39 bits per heavy atom. The summed E-state index contributed by atoms with van der Waals surface area (Å²) < 4.78 is 12.9. The fraction of sp³-hybridized carbons (Fsp3) is 0.312. The fourth-order valence-corrected chi connectivity index (χ4v) is 2.56. The number of hydrogen-bond donors (Lipinski definition) is 0. The molecule has 1 aliphatic heterocycles. The van der Waals surface area contributed by atoms with Crippen LogP contribution in [0.5, 0.6) is 0 Å². The number of anilines is 1. The monoisotopic (exact) mass is 379 g/mol. The summed E-state index contributed by atoms with van der Waals surface area (Å²) >= 11 is 0. The Balaban J connectivity index is 0.00000161. The quantitative estimate of drug-likeness (QED) is 0.807. The second-order valence-electron chi connectivity index (χ2n) is 5.10. The maximum absolute atomic E-state index is 12.9. The van der Waals surface area contributed by atoms with E-state index in [2.05, 4.69) is 26.9 Å². The van der Waals surface area contributed by atoms with Gasteiger partial charge in [-0.3, -0.25) is 9.88 Å². The van der Waals surface area contributed by atoms with E-state index in [0.717, 1.165) is 38.4 Å². The van der Waals surface area contributed by atoms with Gasteiger partial charge in [0.15, 0.2) is 0 Å². The highest BCUT2D eigenvalue weighted by atomic mass is 35.5. The van der Waals surface area contributed by atoms with Crippen LogP contribution in [0, 0.1) is 5.82 Å². The fourth-order valence-electron chi connectivity index (χ4n) is 2.56. The van der Waals surface area contributed by atoms with Gasteiger partial charge in [0.25, 0.3) is 0 Å². The Bertz CT molecular complexity index is 546. The molecule has 0 radical (unpaired) electrons. The van der Waals surface area contributed by atoms with Crippen LogP contribution in [-0.2, 0) is 6.54 Å². The molecule has 0 atom stereocenters. The molecule has 0 bridgehead atoms. The minimum absolute atomic E-state index is 0. The van der Waals surface area contributed by atoms with E-state index in [1.54, 1.807) is 0 Å². The molecule has 1 fully saturated rings. The van der Waals surface area contributed by atoms with Crippen LogP contribution < -0.4 is 4.90 Å². The van der Waals surface area contributed by atoms with Crippen LogP contribution >= 0.6 is 37.2 Å². The second-order valence-corrected chi connectivity index (χ2v) is 5.10. The van der Waals surface area contributed by atoms with Crippen molar-refractivity contribution in [1.82, 2.24) is 9.88 Å². The zero-order chi connectivity index (χ0) is 13.8. The minimum atomic E-state index is -0.176. The van der Waals surface area contributed by atoms with E-state index in [1.807, 2.05) is 24.5 Å². The SMILES string of the molecule is Cl.Cl.Cl.Fc1ccc(N2CCN(Cc3ccncc3)CC2)cc1. The molecule has 3 nitrogen and oxygen atoms in total. The van der Waals surface area contributed by atoms with Gasteiger partial charge in [-0.05, 0) is 42.0 Å². The molecule has 2 aromatic rings. The van der Waals surface area contributed by atoms with Crippen LogP contribution in [0.25, 0.3) is 0 Å². The zero-order valence-corrected chi connectivity index (χ0v) is 15.0. The lowest BCUT2D eigenvalue weighted by Gasteiger charge is -2.36. The van der Waals surface area contributed by atoms with Crippen LogP contribution in [0.1, 0.15) is 5.56 Å². The van der Waals surface area contributed by atoms with Crippen LogP contribution in [-0.4, -0.2) is 36.1 Å². The third-order valence-corrected chi connectivity index (χ3v) is 3.72. The Hall–Kier alpha value is -1.07. The summed E-state index contributed by atoms with van der Waals surface area (Å²) in [7, 11) is 0. The van der Waals surface area contributed by atoms with Crippen molar-refractivity contribution in [2.45, 2.75) is 6.54 Å². The number of hydrogen-bond acceptors (Lipinski definition) is 3. The molecule has 3 rings (SSSR count). The van der Waals surface area contributed by atoms with Gasteiger partial charge in [0.05, 0.1) is 0 Å². The summed E-state index contributed by atoms with van der Waals surface area (Å²) in [6, 6.07) is 10.9. The lowest BCUT2D eigenvalue weighted by molar-refractivity contribution is 0.250. The molecule has 2 heterocycles. The summed E-state index contributed by atoms with van der Waals surface area (Å²) in [5, 5.41) is 0. The summed E-state index contributed by atoms with van der Waals surface area (Å²) in [6.07, 6.45) is 3.67. The Labute approximate surface area is 155 Å². The standard InChI is InChI=1S/C16H18FN3.3ClH/c17-15-1-3-16(4-2-15)20-11-9-19(10-12-20)13-14-5-7-18-8-6-14;;;/h1-8H,9-13H2;3*1H. The first kappa shape index (κ1) is 21.9. The van der Waals surface area contributed by atoms with Crippen molar-refractivity contribution in [3.05, 3.63) is 60.2 Å². The molecule has 0 spiro atoms. The molecule has 1 aliphatic rings. The van der Waals surface area contributed by atoms with E-state index < -0.39 is 0 Å². The number of aromatic nitrogens is 1. The van der Waals surface area contributed by atoms with E-state index >= 15 is 0 Å². The van der Waals surface area contributed by atoms with Gasteiger partial charge in [-0.25, -0.2) is 4.39 Å². The molecule has 0 unspecified atom stereocenters. The van der Waals surface area contributed by atoms with Gasteiger partial charge in [0.2, 0.25) is 0 Å². The normalized spacial score (nSPS) is 14.2. The second kappa shape index (κ2) is 10.7. The van der Waals surface area contributed by atoms with E-state index in [4.69, 9.17) is 0 Å². The topological polar surface area (TPSA) is 19.4 Å². The number of benzene rings is 1. The number of rotatable bonds is 3. The van der Waals surface area contributed by atoms with Crippen molar-refractivity contribution < 1.29 is 4.39 Å². The summed E-state index contributed by atoms with van der Waals surface area (Å²) in [4.78, 5) is 8.79. The smallest absolute Gasteiger partial charge is 0.123 e. The maximum atomic E-state index is 12.9. The van der Waals surface area contributed by atoms with Crippen LogP contribution in [0.3, 0.4) is 0 Å². The van der Waals surface area contributed by atoms with Crippen molar-refractivity contribution in [3.63, 3.8) is 0 Å². The van der Waals surface area contributed by atoms with Crippen LogP contribution in [0.15, 0.2) is 48.8 Å². The first-order chi connectivity index (χ1) is 9.81. The lowest BCUT2D eigenvalue weighted by atomic mass is 10.2. The molecule has 0 amide bonds. The van der Waals surface area contributed by atoms with Crippen molar-refractivity contribution in [3.8, 4) is 0 Å². The molecule has 1 aromatic heterocycles. The molecule has 1 aromatic carbocycles. The Morgan fingerprint density at radius 3 is 1.96 bits per heavy atom. The summed E-state index contributed by atoms with van der Waals surface area (Å²) in [5.74, 6) is -0.176. The lowest BCUT2D eigenvalue weighted by Crippen LogP contribution is -2.45. The number of nitrogens with zero attached hydrogens (tertiary/aromatic N) is 3.